The average molecular weight is 689 g/mol. The van der Waals surface area contributed by atoms with Crippen molar-refractivity contribution in [2.45, 2.75) is 42.8 Å². The summed E-state index contributed by atoms with van der Waals surface area (Å²) in [5.74, 6) is 0.297. The second-order valence-electron chi connectivity index (χ2n) is 14.0. The van der Waals surface area contributed by atoms with Crippen LogP contribution in [-0.2, 0) is 41.1 Å². The Bertz CT molecular complexity index is 2490. The largest absolute Gasteiger partial charge is 0.479 e. The zero-order valence-corrected chi connectivity index (χ0v) is 28.9. The van der Waals surface area contributed by atoms with Crippen molar-refractivity contribution in [2.24, 2.45) is 19.5 Å². The average Bonchev–Trinajstić information content (AvgIpc) is 3.57. The van der Waals surface area contributed by atoms with Crippen LogP contribution in [0.4, 0.5) is 0 Å². The maximum absolute atomic E-state index is 15.0. The third-order valence-corrected chi connectivity index (χ3v) is 12.5. The topological polar surface area (TPSA) is 133 Å². The summed E-state index contributed by atoms with van der Waals surface area (Å²) in [6.45, 7) is 2.69. The number of benzene rings is 2. The summed E-state index contributed by atoms with van der Waals surface area (Å²) in [6.07, 6.45) is 8.82. The van der Waals surface area contributed by atoms with Crippen molar-refractivity contribution < 1.29 is 17.9 Å². The molecule has 0 N–H and O–H groups in total. The molecule has 6 heterocycles. The quantitative estimate of drug-likeness (QED) is 0.207. The van der Waals surface area contributed by atoms with E-state index in [-0.39, 0.29) is 10.3 Å². The monoisotopic (exact) mass is 688 g/mol. The van der Waals surface area contributed by atoms with Crippen LogP contribution in [0.2, 0.25) is 0 Å². The summed E-state index contributed by atoms with van der Waals surface area (Å²) < 4.78 is 47.4. The van der Waals surface area contributed by atoms with Gasteiger partial charge in [-0.25, -0.2) is 17.4 Å². The molecule has 0 bridgehead atoms. The molecule has 1 saturated heterocycles. The SMILES string of the molecule is COc1nn(C)cc1-c1c(-c2ccc3c(cnn3C)c2)c2c3c(cnc2n1S(=O)(=O)c1ccccc1)COC31CCN(CC2(CC#N)CC2)C1. The first-order valence-corrected chi connectivity index (χ1v) is 18.2. The molecule has 4 aromatic heterocycles. The Morgan fingerprint density at radius 2 is 1.90 bits per heavy atom. The molecule has 13 heteroatoms. The number of ether oxygens (including phenoxy) is 2. The molecule has 3 aliphatic rings. The first-order chi connectivity index (χ1) is 24.2. The van der Waals surface area contributed by atoms with Crippen LogP contribution in [-0.4, -0.2) is 68.6 Å². The minimum absolute atomic E-state index is 0.0523. The molecule has 1 atom stereocenters. The van der Waals surface area contributed by atoms with Gasteiger partial charge in [-0.2, -0.15) is 10.4 Å². The second kappa shape index (κ2) is 11.0. The van der Waals surface area contributed by atoms with Crippen molar-refractivity contribution in [1.82, 2.24) is 33.4 Å². The third-order valence-electron chi connectivity index (χ3n) is 10.8. The fourth-order valence-corrected chi connectivity index (χ4v) is 9.76. The fourth-order valence-electron chi connectivity index (χ4n) is 8.26. The highest BCUT2D eigenvalue weighted by Gasteiger charge is 2.52. The van der Waals surface area contributed by atoms with E-state index in [2.05, 4.69) is 27.2 Å². The van der Waals surface area contributed by atoms with Crippen molar-refractivity contribution in [2.75, 3.05) is 26.7 Å². The minimum atomic E-state index is -4.21. The summed E-state index contributed by atoms with van der Waals surface area (Å²) in [7, 11) is 1.02. The molecule has 2 fully saturated rings. The highest BCUT2D eigenvalue weighted by atomic mass is 32.2. The van der Waals surface area contributed by atoms with Crippen LogP contribution in [0.15, 0.2) is 72.0 Å². The van der Waals surface area contributed by atoms with Gasteiger partial charge in [0, 0.05) is 80.0 Å². The van der Waals surface area contributed by atoms with Gasteiger partial charge < -0.3 is 9.47 Å². The van der Waals surface area contributed by atoms with Crippen LogP contribution in [0, 0.1) is 16.7 Å². The lowest BCUT2D eigenvalue weighted by molar-refractivity contribution is -0.0296. The van der Waals surface area contributed by atoms with Gasteiger partial charge in [-0.15, -0.1) is 5.10 Å². The molecular weight excluding hydrogens is 653 g/mol. The summed E-state index contributed by atoms with van der Waals surface area (Å²) in [5, 5.41) is 20.2. The van der Waals surface area contributed by atoms with Crippen molar-refractivity contribution in [3.8, 4) is 34.3 Å². The lowest BCUT2D eigenvalue weighted by Gasteiger charge is -2.27. The molecule has 2 aromatic carbocycles. The Balaban J connectivity index is 1.37. The molecule has 6 aromatic rings. The predicted octanol–water partition coefficient (Wildman–Crippen LogP) is 5.36. The van der Waals surface area contributed by atoms with Crippen LogP contribution < -0.4 is 4.74 Å². The van der Waals surface area contributed by atoms with E-state index in [0.29, 0.717) is 47.9 Å². The molecule has 2 aliphatic heterocycles. The Kier molecular flexibility index (Phi) is 6.81. The van der Waals surface area contributed by atoms with Gasteiger partial charge in [0.1, 0.15) is 5.60 Å². The fraction of sp³-hybridized carbons (Fsp3) is 0.351. The van der Waals surface area contributed by atoms with E-state index in [1.54, 1.807) is 54.5 Å². The lowest BCUT2D eigenvalue weighted by atomic mass is 9.86. The number of fused-ring (bicyclic) bond motifs is 5. The summed E-state index contributed by atoms with van der Waals surface area (Å²) in [5.41, 5.74) is 5.04. The molecule has 0 radical (unpaired) electrons. The van der Waals surface area contributed by atoms with Gasteiger partial charge in [-0.3, -0.25) is 14.3 Å². The van der Waals surface area contributed by atoms with E-state index in [4.69, 9.17) is 14.5 Å². The molecule has 9 rings (SSSR count). The number of hydrogen-bond acceptors (Lipinski definition) is 9. The van der Waals surface area contributed by atoms with Crippen molar-refractivity contribution in [1.29, 1.82) is 5.26 Å². The number of aryl methyl sites for hydroxylation is 2. The predicted molar refractivity (Wildman–Crippen MR) is 187 cm³/mol. The van der Waals surface area contributed by atoms with E-state index in [9.17, 15) is 13.7 Å². The number of aromatic nitrogens is 6. The Labute approximate surface area is 289 Å². The molecule has 0 amide bonds. The zero-order chi connectivity index (χ0) is 34.4. The molecule has 1 spiro atoms. The van der Waals surface area contributed by atoms with Gasteiger partial charge in [0.2, 0.25) is 5.88 Å². The summed E-state index contributed by atoms with van der Waals surface area (Å²) in [6, 6.07) is 16.9. The number of likely N-dealkylation sites (tertiary alicyclic amines) is 1. The lowest BCUT2D eigenvalue weighted by Crippen LogP contribution is -2.34. The van der Waals surface area contributed by atoms with Gasteiger partial charge in [-0.1, -0.05) is 24.3 Å². The van der Waals surface area contributed by atoms with Gasteiger partial charge in [0.15, 0.2) is 5.65 Å². The first kappa shape index (κ1) is 31.0. The molecule has 254 valence electrons. The molecule has 1 unspecified atom stereocenters. The highest BCUT2D eigenvalue weighted by Crippen LogP contribution is 2.55. The van der Waals surface area contributed by atoms with E-state index in [1.165, 1.54) is 11.1 Å². The number of pyridine rings is 1. The van der Waals surface area contributed by atoms with Crippen LogP contribution in [0.3, 0.4) is 0 Å². The van der Waals surface area contributed by atoms with E-state index >= 15 is 0 Å². The molecule has 12 nitrogen and oxygen atoms in total. The Hall–Kier alpha value is -5.03. The molecule has 1 aliphatic carbocycles. The smallest absolute Gasteiger partial charge is 0.269 e. The third kappa shape index (κ3) is 4.55. The second-order valence-corrected chi connectivity index (χ2v) is 15.8. The Morgan fingerprint density at radius 1 is 1.08 bits per heavy atom. The van der Waals surface area contributed by atoms with E-state index < -0.39 is 15.6 Å². The van der Waals surface area contributed by atoms with Gasteiger partial charge >= 0.3 is 0 Å². The summed E-state index contributed by atoms with van der Waals surface area (Å²) in [4.78, 5) is 7.51. The van der Waals surface area contributed by atoms with E-state index in [0.717, 1.165) is 65.3 Å². The van der Waals surface area contributed by atoms with Crippen LogP contribution in [0.1, 0.15) is 36.8 Å². The first-order valence-electron chi connectivity index (χ1n) is 16.8. The van der Waals surface area contributed by atoms with Crippen molar-refractivity contribution in [3.63, 3.8) is 0 Å². The number of nitriles is 1. The van der Waals surface area contributed by atoms with Crippen molar-refractivity contribution >= 4 is 32.0 Å². The molecular formula is C37H36N8O4S. The Morgan fingerprint density at radius 3 is 2.66 bits per heavy atom. The van der Waals surface area contributed by atoms with Crippen molar-refractivity contribution in [3.05, 3.63) is 78.2 Å². The number of nitrogens with zero attached hydrogens (tertiary/aromatic N) is 8. The van der Waals surface area contributed by atoms with E-state index in [1.807, 2.05) is 30.1 Å². The maximum Gasteiger partial charge on any atom is 0.269 e. The van der Waals surface area contributed by atoms with Crippen LogP contribution in [0.25, 0.3) is 44.3 Å². The zero-order valence-electron chi connectivity index (χ0n) is 28.1. The van der Waals surface area contributed by atoms with Crippen LogP contribution >= 0.6 is 0 Å². The maximum atomic E-state index is 15.0. The normalized spacial score (nSPS) is 19.8. The minimum Gasteiger partial charge on any atom is -0.479 e. The highest BCUT2D eigenvalue weighted by molar-refractivity contribution is 7.90. The standard InChI is InChI=1S/C37H36N8O4S/c1-42-20-28(35(41-42)48-3)33-30(24-9-10-29-25(17-24)19-40-43(29)2)31-32-26(18-39-34(31)45(33)50(46,47)27-7-5-4-6-8-27)21-49-37(32)14-16-44(23-37)22-36(11-12-36)13-15-38/h4-10,17-20H,11-14,16,21-23H2,1-3H3. The number of hydrogen-bond donors (Lipinski definition) is 0. The summed E-state index contributed by atoms with van der Waals surface area (Å²) >= 11 is 0. The van der Waals surface area contributed by atoms with Gasteiger partial charge in [-0.05, 0) is 54.5 Å². The van der Waals surface area contributed by atoms with Gasteiger partial charge in [0.25, 0.3) is 10.0 Å². The molecule has 50 heavy (non-hydrogen) atoms. The van der Waals surface area contributed by atoms with Gasteiger partial charge in [0.05, 0.1) is 47.7 Å². The molecule has 1 saturated carbocycles. The van der Waals surface area contributed by atoms with Crippen LogP contribution in [0.5, 0.6) is 5.88 Å². The number of methoxy groups -OCH3 is 1. The number of rotatable bonds is 8.